The molecule has 2 unspecified atom stereocenters. The standard InChI is InChI=1S/C26H32N4O2/c1-17-4-6-18(7-5-17)26(31)30-14-19-3-2-12-27-25(19)28-23-11-9-20(13-24(23)30)29-15-22-10-8-21(29)16-32-22/h2-3,9,11-13,17-18,21-22H,4-8,10,14-16H2,1H3,(H,27,28). The van der Waals surface area contributed by atoms with Crippen LogP contribution in [0.25, 0.3) is 0 Å². The fraction of sp³-hybridized carbons (Fsp3) is 0.538. The Kier molecular flexibility index (Phi) is 5.05. The molecule has 5 aliphatic rings. The number of benzene rings is 1. The molecule has 0 radical (unpaired) electrons. The predicted molar refractivity (Wildman–Crippen MR) is 126 cm³/mol. The number of anilines is 4. The molecule has 6 heteroatoms. The van der Waals surface area contributed by atoms with Crippen LogP contribution in [-0.2, 0) is 16.1 Å². The molecule has 7 rings (SSSR count). The van der Waals surface area contributed by atoms with Crippen LogP contribution < -0.4 is 15.1 Å². The molecular weight excluding hydrogens is 400 g/mol. The van der Waals surface area contributed by atoms with Crippen LogP contribution in [0.15, 0.2) is 36.5 Å². The van der Waals surface area contributed by atoms with E-state index >= 15 is 0 Å². The third kappa shape index (κ3) is 3.54. The molecule has 6 nitrogen and oxygen atoms in total. The number of aromatic nitrogens is 1. The number of nitrogens with one attached hydrogen (secondary N) is 1. The van der Waals surface area contributed by atoms with Crippen LogP contribution in [0, 0.1) is 11.8 Å². The van der Waals surface area contributed by atoms with E-state index in [0.29, 0.717) is 18.7 Å². The van der Waals surface area contributed by atoms with Crippen molar-refractivity contribution in [1.29, 1.82) is 0 Å². The number of piperidine rings is 1. The highest BCUT2D eigenvalue weighted by molar-refractivity contribution is 6.00. The lowest BCUT2D eigenvalue weighted by Crippen LogP contribution is -2.54. The first kappa shape index (κ1) is 20.0. The minimum absolute atomic E-state index is 0.111. The Hall–Kier alpha value is -2.60. The number of carbonyl (C=O) groups is 1. The van der Waals surface area contributed by atoms with Crippen molar-refractivity contribution in [2.24, 2.45) is 11.8 Å². The van der Waals surface area contributed by atoms with Crippen LogP contribution >= 0.6 is 0 Å². The van der Waals surface area contributed by atoms with Gasteiger partial charge in [0, 0.05) is 29.9 Å². The minimum Gasteiger partial charge on any atom is -0.374 e. The van der Waals surface area contributed by atoms with Crippen LogP contribution in [0.3, 0.4) is 0 Å². The number of pyridine rings is 1. The van der Waals surface area contributed by atoms with E-state index in [9.17, 15) is 4.79 Å². The lowest BCUT2D eigenvalue weighted by Gasteiger charge is -2.46. The molecular formula is C26H32N4O2. The lowest BCUT2D eigenvalue weighted by atomic mass is 9.82. The molecule has 1 amide bonds. The van der Waals surface area contributed by atoms with E-state index in [2.05, 4.69) is 46.4 Å². The monoisotopic (exact) mass is 432 g/mol. The molecule has 1 N–H and O–H groups in total. The van der Waals surface area contributed by atoms with Crippen molar-refractivity contribution in [1.82, 2.24) is 4.98 Å². The summed E-state index contributed by atoms with van der Waals surface area (Å²) in [5, 5.41) is 3.51. The van der Waals surface area contributed by atoms with Gasteiger partial charge >= 0.3 is 0 Å². The maximum Gasteiger partial charge on any atom is 0.230 e. The number of amides is 1. The Bertz CT molecular complexity index is 1010. The average molecular weight is 433 g/mol. The van der Waals surface area contributed by atoms with E-state index in [0.717, 1.165) is 73.9 Å². The van der Waals surface area contributed by atoms with Crippen molar-refractivity contribution in [3.63, 3.8) is 0 Å². The molecule has 1 aromatic carbocycles. The lowest BCUT2D eigenvalue weighted by molar-refractivity contribution is -0.123. The Morgan fingerprint density at radius 3 is 2.75 bits per heavy atom. The second-order valence-corrected chi connectivity index (χ2v) is 10.1. The molecule has 2 atom stereocenters. The summed E-state index contributed by atoms with van der Waals surface area (Å²) in [7, 11) is 0. The van der Waals surface area contributed by atoms with E-state index in [1.54, 1.807) is 0 Å². The first-order valence-corrected chi connectivity index (χ1v) is 12.2. The van der Waals surface area contributed by atoms with Crippen molar-refractivity contribution < 1.29 is 9.53 Å². The summed E-state index contributed by atoms with van der Waals surface area (Å²) in [6.45, 7) is 4.61. The third-order valence-electron chi connectivity index (χ3n) is 7.89. The first-order chi connectivity index (χ1) is 15.7. The molecule has 1 aromatic heterocycles. The average Bonchev–Trinajstić information content (AvgIpc) is 3.01. The number of ether oxygens (including phenoxy) is 1. The minimum atomic E-state index is 0.111. The maximum atomic E-state index is 13.8. The zero-order valence-corrected chi connectivity index (χ0v) is 18.8. The fourth-order valence-corrected chi connectivity index (χ4v) is 5.88. The van der Waals surface area contributed by atoms with Gasteiger partial charge in [0.2, 0.25) is 5.91 Å². The van der Waals surface area contributed by atoms with Crippen molar-refractivity contribution in [2.45, 2.75) is 64.1 Å². The van der Waals surface area contributed by atoms with Crippen LogP contribution in [0.1, 0.15) is 51.0 Å². The van der Waals surface area contributed by atoms with Gasteiger partial charge in [-0.3, -0.25) is 4.79 Å². The second kappa shape index (κ2) is 8.07. The van der Waals surface area contributed by atoms with E-state index in [4.69, 9.17) is 4.74 Å². The van der Waals surface area contributed by atoms with Crippen molar-refractivity contribution in [3.8, 4) is 0 Å². The number of rotatable bonds is 2. The van der Waals surface area contributed by atoms with Gasteiger partial charge in [0.1, 0.15) is 5.82 Å². The number of hydrogen-bond acceptors (Lipinski definition) is 5. The largest absolute Gasteiger partial charge is 0.374 e. The smallest absolute Gasteiger partial charge is 0.230 e. The zero-order valence-electron chi connectivity index (χ0n) is 18.8. The van der Waals surface area contributed by atoms with Gasteiger partial charge < -0.3 is 19.9 Å². The number of carbonyl (C=O) groups excluding carboxylic acids is 1. The molecule has 168 valence electrons. The van der Waals surface area contributed by atoms with Crippen LogP contribution in [0.2, 0.25) is 0 Å². The highest BCUT2D eigenvalue weighted by Gasteiger charge is 2.36. The SMILES string of the molecule is CC1CCC(C(=O)N2Cc3cccnc3Nc3ccc(N4CC5CCC4CO5)cc32)CC1. The molecule has 1 aliphatic carbocycles. The summed E-state index contributed by atoms with van der Waals surface area (Å²) in [5.74, 6) is 1.95. The molecule has 3 saturated heterocycles. The van der Waals surface area contributed by atoms with Gasteiger partial charge in [-0.05, 0) is 68.7 Å². The molecule has 5 heterocycles. The molecule has 0 spiro atoms. The van der Waals surface area contributed by atoms with Crippen LogP contribution in [0.4, 0.5) is 22.9 Å². The van der Waals surface area contributed by atoms with E-state index in [1.165, 1.54) is 12.1 Å². The predicted octanol–water partition coefficient (Wildman–Crippen LogP) is 4.87. The number of nitrogens with zero attached hydrogens (tertiary/aromatic N) is 3. The van der Waals surface area contributed by atoms with E-state index in [1.807, 2.05) is 17.2 Å². The van der Waals surface area contributed by atoms with Crippen molar-refractivity contribution in [2.75, 3.05) is 28.3 Å². The van der Waals surface area contributed by atoms with Gasteiger partial charge in [0.15, 0.2) is 0 Å². The fourth-order valence-electron chi connectivity index (χ4n) is 5.88. The van der Waals surface area contributed by atoms with Gasteiger partial charge in [-0.1, -0.05) is 13.0 Å². The Morgan fingerprint density at radius 1 is 1.12 bits per heavy atom. The number of hydrogen-bond donors (Lipinski definition) is 1. The molecule has 2 aromatic rings. The highest BCUT2D eigenvalue weighted by Crippen LogP contribution is 2.41. The summed E-state index contributed by atoms with van der Waals surface area (Å²) in [6, 6.07) is 11.0. The summed E-state index contributed by atoms with van der Waals surface area (Å²) in [5.41, 5.74) is 4.19. The highest BCUT2D eigenvalue weighted by atomic mass is 16.5. The van der Waals surface area contributed by atoms with E-state index in [-0.39, 0.29) is 11.8 Å². The van der Waals surface area contributed by atoms with Gasteiger partial charge in [-0.25, -0.2) is 4.98 Å². The Morgan fingerprint density at radius 2 is 2.00 bits per heavy atom. The summed E-state index contributed by atoms with van der Waals surface area (Å²) < 4.78 is 5.92. The molecule has 1 saturated carbocycles. The summed E-state index contributed by atoms with van der Waals surface area (Å²) in [4.78, 5) is 22.9. The number of fused-ring (bicyclic) bond motifs is 5. The molecule has 4 aliphatic heterocycles. The normalized spacial score (nSPS) is 29.0. The second-order valence-electron chi connectivity index (χ2n) is 10.1. The Balaban J connectivity index is 1.38. The van der Waals surface area contributed by atoms with Crippen molar-refractivity contribution >= 4 is 28.8 Å². The number of morpholine rings is 1. The summed E-state index contributed by atoms with van der Waals surface area (Å²) >= 11 is 0. The van der Waals surface area contributed by atoms with Gasteiger partial charge in [-0.2, -0.15) is 0 Å². The zero-order chi connectivity index (χ0) is 21.7. The maximum absolute atomic E-state index is 13.8. The van der Waals surface area contributed by atoms with Gasteiger partial charge in [0.25, 0.3) is 0 Å². The third-order valence-corrected chi connectivity index (χ3v) is 7.89. The van der Waals surface area contributed by atoms with E-state index < -0.39 is 0 Å². The first-order valence-electron chi connectivity index (χ1n) is 12.2. The molecule has 32 heavy (non-hydrogen) atoms. The van der Waals surface area contributed by atoms with Crippen molar-refractivity contribution in [3.05, 3.63) is 42.1 Å². The van der Waals surface area contributed by atoms with Gasteiger partial charge in [0.05, 0.1) is 36.7 Å². The molecule has 4 fully saturated rings. The topological polar surface area (TPSA) is 57.7 Å². The molecule has 2 bridgehead atoms. The summed E-state index contributed by atoms with van der Waals surface area (Å²) in [6.07, 6.45) is 8.74. The van der Waals surface area contributed by atoms with Gasteiger partial charge in [-0.15, -0.1) is 0 Å². The quantitative estimate of drug-likeness (QED) is 0.734. The van der Waals surface area contributed by atoms with Crippen LogP contribution in [-0.4, -0.2) is 36.2 Å². The van der Waals surface area contributed by atoms with Crippen LogP contribution in [0.5, 0.6) is 0 Å². The Labute approximate surface area is 190 Å².